The van der Waals surface area contributed by atoms with Gasteiger partial charge in [-0.2, -0.15) is 0 Å². The van der Waals surface area contributed by atoms with E-state index in [1.807, 2.05) is 58.0 Å². The Labute approximate surface area is 167 Å². The van der Waals surface area contributed by atoms with Gasteiger partial charge in [0.1, 0.15) is 12.2 Å². The van der Waals surface area contributed by atoms with Crippen molar-refractivity contribution in [2.24, 2.45) is 5.92 Å². The van der Waals surface area contributed by atoms with E-state index in [0.717, 1.165) is 5.56 Å². The second-order valence-corrected chi connectivity index (χ2v) is 8.50. The first-order valence-corrected chi connectivity index (χ1v) is 9.70. The third-order valence-corrected chi connectivity index (χ3v) is 4.98. The minimum Gasteiger partial charge on any atom is -0.445 e. The lowest BCUT2D eigenvalue weighted by molar-refractivity contribution is 0.00924. The zero-order chi connectivity index (χ0) is 20.8. The molecule has 0 aliphatic carbocycles. The van der Waals surface area contributed by atoms with E-state index in [-0.39, 0.29) is 25.2 Å². The van der Waals surface area contributed by atoms with E-state index in [1.165, 1.54) is 0 Å². The molecule has 0 bridgehead atoms. The van der Waals surface area contributed by atoms with Crippen molar-refractivity contribution in [2.45, 2.75) is 58.3 Å². The largest absolute Gasteiger partial charge is 0.445 e. The maximum Gasteiger partial charge on any atom is 0.410 e. The van der Waals surface area contributed by atoms with E-state index >= 15 is 0 Å². The first-order valence-electron chi connectivity index (χ1n) is 9.70. The van der Waals surface area contributed by atoms with Gasteiger partial charge in [-0.15, -0.1) is 0 Å². The van der Waals surface area contributed by atoms with E-state index in [2.05, 4.69) is 5.32 Å². The molecule has 1 fully saturated rings. The van der Waals surface area contributed by atoms with Gasteiger partial charge >= 0.3 is 12.2 Å². The summed E-state index contributed by atoms with van der Waals surface area (Å²) >= 11 is 0. The summed E-state index contributed by atoms with van der Waals surface area (Å²) in [5.74, 6) is 0.0282. The summed E-state index contributed by atoms with van der Waals surface area (Å²) in [6, 6.07) is 9.42. The zero-order valence-corrected chi connectivity index (χ0v) is 17.2. The van der Waals surface area contributed by atoms with Gasteiger partial charge in [0.15, 0.2) is 0 Å². The molecule has 1 heterocycles. The molecule has 1 atom stereocenters. The quantitative estimate of drug-likeness (QED) is 0.803. The van der Waals surface area contributed by atoms with Crippen LogP contribution < -0.4 is 5.32 Å². The maximum absolute atomic E-state index is 12.2. The van der Waals surface area contributed by atoms with Crippen LogP contribution in [0, 0.1) is 5.92 Å². The van der Waals surface area contributed by atoms with Crippen LogP contribution in [0.25, 0.3) is 0 Å². The van der Waals surface area contributed by atoms with E-state index in [4.69, 9.17) is 9.47 Å². The van der Waals surface area contributed by atoms with Crippen LogP contribution in [0.1, 0.15) is 46.1 Å². The Morgan fingerprint density at radius 2 is 1.75 bits per heavy atom. The van der Waals surface area contributed by atoms with Crippen molar-refractivity contribution in [2.75, 3.05) is 19.7 Å². The van der Waals surface area contributed by atoms with Crippen LogP contribution in [0.2, 0.25) is 0 Å². The Morgan fingerprint density at radius 1 is 1.14 bits per heavy atom. The lowest BCUT2D eigenvalue weighted by Crippen LogP contribution is -2.57. The minimum absolute atomic E-state index is 0.0282. The van der Waals surface area contributed by atoms with Gasteiger partial charge in [0.2, 0.25) is 0 Å². The van der Waals surface area contributed by atoms with Crippen LogP contribution in [0.3, 0.4) is 0 Å². The molecule has 0 saturated carbocycles. The van der Waals surface area contributed by atoms with E-state index in [9.17, 15) is 14.7 Å². The number of carbonyl (C=O) groups excluding carboxylic acids is 2. The van der Waals surface area contributed by atoms with Gasteiger partial charge in [-0.1, -0.05) is 30.3 Å². The number of aliphatic hydroxyl groups is 1. The van der Waals surface area contributed by atoms with E-state index in [0.29, 0.717) is 25.9 Å². The predicted octanol–water partition coefficient (Wildman–Crippen LogP) is 3.31. The molecule has 2 rings (SSSR count). The fourth-order valence-electron chi connectivity index (χ4n) is 3.29. The zero-order valence-electron chi connectivity index (χ0n) is 17.2. The van der Waals surface area contributed by atoms with Crippen molar-refractivity contribution in [3.8, 4) is 0 Å². The highest BCUT2D eigenvalue weighted by atomic mass is 16.6. The van der Waals surface area contributed by atoms with Crippen molar-refractivity contribution < 1.29 is 24.2 Å². The molecule has 1 unspecified atom stereocenters. The average molecular weight is 392 g/mol. The lowest BCUT2D eigenvalue weighted by Gasteiger charge is -2.42. The number of piperidine rings is 1. The molecule has 0 spiro atoms. The predicted molar refractivity (Wildman–Crippen MR) is 106 cm³/mol. The molecule has 1 aliphatic heterocycles. The van der Waals surface area contributed by atoms with Crippen molar-refractivity contribution in [3.05, 3.63) is 35.9 Å². The number of nitrogens with one attached hydrogen (secondary N) is 1. The average Bonchev–Trinajstić information content (AvgIpc) is 2.66. The van der Waals surface area contributed by atoms with Crippen molar-refractivity contribution >= 4 is 12.2 Å². The van der Waals surface area contributed by atoms with Gasteiger partial charge in [0, 0.05) is 13.1 Å². The number of carbonyl (C=O) groups is 2. The van der Waals surface area contributed by atoms with Crippen molar-refractivity contribution in [1.82, 2.24) is 10.2 Å². The molecule has 1 aromatic rings. The molecule has 1 aliphatic rings. The molecule has 28 heavy (non-hydrogen) atoms. The molecule has 1 aromatic carbocycles. The Morgan fingerprint density at radius 3 is 2.29 bits per heavy atom. The summed E-state index contributed by atoms with van der Waals surface area (Å²) in [6.07, 6.45) is 0.437. The topological polar surface area (TPSA) is 88.1 Å². The highest BCUT2D eigenvalue weighted by molar-refractivity contribution is 5.69. The van der Waals surface area contributed by atoms with Crippen molar-refractivity contribution in [3.63, 3.8) is 0 Å². The number of aliphatic hydroxyl groups excluding tert-OH is 1. The van der Waals surface area contributed by atoms with Gasteiger partial charge < -0.3 is 24.8 Å². The molecule has 1 saturated heterocycles. The van der Waals surface area contributed by atoms with Crippen LogP contribution in [0.15, 0.2) is 30.3 Å². The van der Waals surface area contributed by atoms with Crippen LogP contribution >= 0.6 is 0 Å². The van der Waals surface area contributed by atoms with Gasteiger partial charge in [0.05, 0.1) is 12.1 Å². The van der Waals surface area contributed by atoms with Crippen LogP contribution in [-0.2, 0) is 16.1 Å². The first-order chi connectivity index (χ1) is 13.1. The number of alkyl carbamates (subject to hydrolysis) is 1. The van der Waals surface area contributed by atoms with Crippen LogP contribution in [-0.4, -0.2) is 53.0 Å². The monoisotopic (exact) mass is 392 g/mol. The molecule has 2 N–H and O–H groups in total. The molecular formula is C21H32N2O5. The molecular weight excluding hydrogens is 360 g/mol. The first kappa shape index (κ1) is 22.0. The summed E-state index contributed by atoms with van der Waals surface area (Å²) in [5, 5.41) is 12.7. The normalized spacial score (nSPS) is 17.5. The van der Waals surface area contributed by atoms with E-state index in [1.54, 1.807) is 4.90 Å². The van der Waals surface area contributed by atoms with Gasteiger partial charge in [0.25, 0.3) is 0 Å². The summed E-state index contributed by atoms with van der Waals surface area (Å²) in [5.41, 5.74) is -0.445. The third-order valence-electron chi connectivity index (χ3n) is 4.98. The van der Waals surface area contributed by atoms with E-state index < -0.39 is 17.2 Å². The van der Waals surface area contributed by atoms with Gasteiger partial charge in [-0.25, -0.2) is 9.59 Å². The highest BCUT2D eigenvalue weighted by Gasteiger charge is 2.39. The smallest absolute Gasteiger partial charge is 0.410 e. The second-order valence-electron chi connectivity index (χ2n) is 8.50. The Balaban J connectivity index is 1.86. The van der Waals surface area contributed by atoms with Crippen molar-refractivity contribution in [1.29, 1.82) is 0 Å². The fraction of sp³-hybridized carbons (Fsp3) is 0.619. The standard InChI is InChI=1S/C21H32N2O5/c1-20(2,3)28-19(26)23-12-10-17(11-13-23)21(4,15-24)22-18(25)27-14-16-8-6-5-7-9-16/h5-9,17,24H,10-15H2,1-4H3,(H,22,25). The minimum atomic E-state index is -0.812. The Hall–Kier alpha value is -2.28. The molecule has 0 radical (unpaired) electrons. The number of ether oxygens (including phenoxy) is 2. The number of hydrogen-bond donors (Lipinski definition) is 2. The maximum atomic E-state index is 12.2. The SMILES string of the molecule is CC(C)(C)OC(=O)N1CCC(C(C)(CO)NC(=O)OCc2ccccc2)CC1. The number of rotatable bonds is 5. The summed E-state index contributed by atoms with van der Waals surface area (Å²) in [7, 11) is 0. The summed E-state index contributed by atoms with van der Waals surface area (Å²) in [4.78, 5) is 26.1. The lowest BCUT2D eigenvalue weighted by atomic mass is 9.79. The molecule has 0 aromatic heterocycles. The number of nitrogens with zero attached hydrogens (tertiary/aromatic N) is 1. The third kappa shape index (κ3) is 6.41. The number of benzene rings is 1. The Bertz CT molecular complexity index is 651. The number of likely N-dealkylation sites (tertiary alicyclic amines) is 1. The second kappa shape index (κ2) is 9.28. The van der Waals surface area contributed by atoms with Crippen LogP contribution in [0.5, 0.6) is 0 Å². The Kier molecular flexibility index (Phi) is 7.29. The highest BCUT2D eigenvalue weighted by Crippen LogP contribution is 2.29. The molecule has 2 amide bonds. The van der Waals surface area contributed by atoms with Crippen LogP contribution in [0.4, 0.5) is 9.59 Å². The molecule has 7 heteroatoms. The molecule has 156 valence electrons. The summed E-state index contributed by atoms with van der Waals surface area (Å²) < 4.78 is 10.7. The number of hydrogen-bond acceptors (Lipinski definition) is 5. The van der Waals surface area contributed by atoms with Gasteiger partial charge in [-0.05, 0) is 52.0 Å². The fourth-order valence-corrected chi connectivity index (χ4v) is 3.29. The van der Waals surface area contributed by atoms with Gasteiger partial charge in [-0.3, -0.25) is 0 Å². The number of amides is 2. The molecule has 7 nitrogen and oxygen atoms in total. The summed E-state index contributed by atoms with van der Waals surface area (Å²) in [6.45, 7) is 8.34.